The monoisotopic (exact) mass is 361 g/mol. The highest BCUT2D eigenvalue weighted by Crippen LogP contribution is 2.29. The molecular formula is C20H31N3O3. The van der Waals surface area contributed by atoms with E-state index in [1.165, 1.54) is 12.8 Å². The number of ether oxygens (including phenoxy) is 2. The third-order valence-electron chi connectivity index (χ3n) is 5.17. The molecule has 1 heterocycles. The standard InChI is InChI=1S/C20H31N3O3/c1-22(13-14-26-19-7-5-18(25-2)6-8-19)15-20(24)21-16-9-11-23(12-10-16)17-3-4-17/h5-8,16-17H,3-4,9-15H2,1-2H3,(H,21,24). The zero-order chi connectivity index (χ0) is 18.4. The zero-order valence-corrected chi connectivity index (χ0v) is 15.9. The molecule has 0 aromatic heterocycles. The number of carbonyl (C=O) groups is 1. The number of nitrogens with zero attached hydrogens (tertiary/aromatic N) is 2. The smallest absolute Gasteiger partial charge is 0.234 e. The van der Waals surface area contributed by atoms with E-state index >= 15 is 0 Å². The van der Waals surface area contributed by atoms with Gasteiger partial charge in [-0.05, 0) is 57.0 Å². The lowest BCUT2D eigenvalue weighted by atomic mass is 10.0. The molecular weight excluding hydrogens is 330 g/mol. The molecule has 0 radical (unpaired) electrons. The molecule has 144 valence electrons. The fraction of sp³-hybridized carbons (Fsp3) is 0.650. The van der Waals surface area contributed by atoms with E-state index in [0.717, 1.165) is 43.5 Å². The molecule has 2 aliphatic rings. The van der Waals surface area contributed by atoms with E-state index in [0.29, 0.717) is 25.7 Å². The van der Waals surface area contributed by atoms with Crippen molar-refractivity contribution in [2.75, 3.05) is 46.9 Å². The van der Waals surface area contributed by atoms with Gasteiger partial charge in [-0.3, -0.25) is 9.69 Å². The van der Waals surface area contributed by atoms with Crippen LogP contribution in [0.15, 0.2) is 24.3 Å². The Morgan fingerprint density at radius 1 is 1.15 bits per heavy atom. The molecule has 1 aliphatic heterocycles. The number of nitrogens with one attached hydrogen (secondary N) is 1. The molecule has 1 aliphatic carbocycles. The van der Waals surface area contributed by atoms with Gasteiger partial charge in [-0.15, -0.1) is 0 Å². The number of hydrogen-bond acceptors (Lipinski definition) is 5. The molecule has 3 rings (SSSR count). The maximum atomic E-state index is 12.2. The van der Waals surface area contributed by atoms with Crippen molar-refractivity contribution >= 4 is 5.91 Å². The van der Waals surface area contributed by atoms with Gasteiger partial charge in [0, 0.05) is 31.7 Å². The van der Waals surface area contributed by atoms with Gasteiger partial charge in [0.05, 0.1) is 13.7 Å². The van der Waals surface area contributed by atoms with Crippen molar-refractivity contribution in [3.05, 3.63) is 24.3 Å². The minimum absolute atomic E-state index is 0.113. The van der Waals surface area contributed by atoms with E-state index in [-0.39, 0.29) is 5.91 Å². The van der Waals surface area contributed by atoms with Crippen LogP contribution in [-0.4, -0.2) is 74.7 Å². The van der Waals surface area contributed by atoms with Crippen LogP contribution in [-0.2, 0) is 4.79 Å². The van der Waals surface area contributed by atoms with Crippen LogP contribution in [0.4, 0.5) is 0 Å². The summed E-state index contributed by atoms with van der Waals surface area (Å²) in [6, 6.07) is 8.70. The largest absolute Gasteiger partial charge is 0.497 e. The summed E-state index contributed by atoms with van der Waals surface area (Å²) in [5.74, 6) is 1.74. The highest BCUT2D eigenvalue weighted by molar-refractivity contribution is 5.78. The Morgan fingerprint density at radius 3 is 2.42 bits per heavy atom. The van der Waals surface area contributed by atoms with Crippen molar-refractivity contribution in [1.82, 2.24) is 15.1 Å². The average Bonchev–Trinajstić information content (AvgIpc) is 3.48. The van der Waals surface area contributed by atoms with Gasteiger partial charge in [0.25, 0.3) is 0 Å². The summed E-state index contributed by atoms with van der Waals surface area (Å²) in [7, 11) is 3.60. The second-order valence-electron chi connectivity index (χ2n) is 7.37. The molecule has 1 aromatic carbocycles. The Balaban J connectivity index is 1.28. The van der Waals surface area contributed by atoms with Crippen molar-refractivity contribution in [2.45, 2.75) is 37.8 Å². The average molecular weight is 361 g/mol. The van der Waals surface area contributed by atoms with Crippen molar-refractivity contribution in [3.8, 4) is 11.5 Å². The summed E-state index contributed by atoms with van der Waals surface area (Å²) < 4.78 is 10.8. The van der Waals surface area contributed by atoms with Crippen LogP contribution in [0.1, 0.15) is 25.7 Å². The van der Waals surface area contributed by atoms with Crippen LogP contribution < -0.4 is 14.8 Å². The Hall–Kier alpha value is -1.79. The first-order valence-electron chi connectivity index (χ1n) is 9.63. The Bertz CT molecular complexity index is 566. The van der Waals surface area contributed by atoms with Crippen LogP contribution in [0.5, 0.6) is 11.5 Å². The Labute approximate surface area is 156 Å². The number of piperidine rings is 1. The molecule has 6 nitrogen and oxygen atoms in total. The first-order chi connectivity index (χ1) is 12.6. The second-order valence-corrected chi connectivity index (χ2v) is 7.37. The molecule has 1 amide bonds. The number of hydrogen-bond donors (Lipinski definition) is 1. The summed E-state index contributed by atoms with van der Waals surface area (Å²) in [6.07, 6.45) is 4.87. The molecule has 6 heteroatoms. The van der Waals surface area contributed by atoms with Crippen LogP contribution in [0.25, 0.3) is 0 Å². The molecule has 1 N–H and O–H groups in total. The summed E-state index contributed by atoms with van der Waals surface area (Å²) in [6.45, 7) is 3.92. The van der Waals surface area contributed by atoms with Gasteiger partial charge in [0.2, 0.25) is 5.91 Å². The minimum atomic E-state index is 0.113. The number of likely N-dealkylation sites (N-methyl/N-ethyl adjacent to an activating group) is 1. The number of benzene rings is 1. The molecule has 0 unspecified atom stereocenters. The molecule has 26 heavy (non-hydrogen) atoms. The number of methoxy groups -OCH3 is 1. The Kier molecular flexibility index (Phi) is 6.74. The summed E-state index contributed by atoms with van der Waals surface area (Å²) in [5.41, 5.74) is 0. The normalized spacial score (nSPS) is 18.7. The summed E-state index contributed by atoms with van der Waals surface area (Å²) >= 11 is 0. The lowest BCUT2D eigenvalue weighted by Crippen LogP contribution is -2.47. The zero-order valence-electron chi connectivity index (χ0n) is 15.9. The molecule has 0 atom stereocenters. The van der Waals surface area contributed by atoms with E-state index < -0.39 is 0 Å². The van der Waals surface area contributed by atoms with Gasteiger partial charge in [0.1, 0.15) is 18.1 Å². The maximum absolute atomic E-state index is 12.2. The number of likely N-dealkylation sites (tertiary alicyclic amines) is 1. The van der Waals surface area contributed by atoms with E-state index in [1.54, 1.807) is 7.11 Å². The van der Waals surface area contributed by atoms with Crippen LogP contribution in [0, 0.1) is 0 Å². The van der Waals surface area contributed by atoms with E-state index in [2.05, 4.69) is 10.2 Å². The van der Waals surface area contributed by atoms with Crippen molar-refractivity contribution in [1.29, 1.82) is 0 Å². The Morgan fingerprint density at radius 2 is 1.81 bits per heavy atom. The first kappa shape index (κ1) is 19.0. The molecule has 0 spiro atoms. The topological polar surface area (TPSA) is 54.0 Å². The number of rotatable bonds is 9. The maximum Gasteiger partial charge on any atom is 0.234 e. The van der Waals surface area contributed by atoms with Gasteiger partial charge in [-0.1, -0.05) is 0 Å². The first-order valence-corrected chi connectivity index (χ1v) is 9.63. The number of carbonyl (C=O) groups excluding carboxylic acids is 1. The van der Waals surface area contributed by atoms with Gasteiger partial charge in [-0.25, -0.2) is 0 Å². The number of amides is 1. The van der Waals surface area contributed by atoms with Gasteiger partial charge in [0.15, 0.2) is 0 Å². The van der Waals surface area contributed by atoms with Crippen LogP contribution >= 0.6 is 0 Å². The van der Waals surface area contributed by atoms with Crippen LogP contribution in [0.2, 0.25) is 0 Å². The highest BCUT2D eigenvalue weighted by atomic mass is 16.5. The highest BCUT2D eigenvalue weighted by Gasteiger charge is 2.32. The predicted octanol–water partition coefficient (Wildman–Crippen LogP) is 1.75. The summed E-state index contributed by atoms with van der Waals surface area (Å²) in [4.78, 5) is 16.8. The molecule has 0 bridgehead atoms. The molecule has 1 saturated heterocycles. The van der Waals surface area contributed by atoms with Gasteiger partial charge >= 0.3 is 0 Å². The van der Waals surface area contributed by atoms with Crippen LogP contribution in [0.3, 0.4) is 0 Å². The van der Waals surface area contributed by atoms with Gasteiger partial charge in [-0.2, -0.15) is 0 Å². The SMILES string of the molecule is COc1ccc(OCCN(C)CC(=O)NC2CCN(C3CC3)CC2)cc1. The third-order valence-corrected chi connectivity index (χ3v) is 5.17. The van der Waals surface area contributed by atoms with Gasteiger partial charge < -0.3 is 19.7 Å². The molecule has 1 saturated carbocycles. The fourth-order valence-corrected chi connectivity index (χ4v) is 3.44. The van der Waals surface area contributed by atoms with E-state index in [9.17, 15) is 4.79 Å². The third kappa shape index (κ3) is 5.88. The molecule has 2 fully saturated rings. The molecule has 1 aromatic rings. The predicted molar refractivity (Wildman–Crippen MR) is 102 cm³/mol. The fourth-order valence-electron chi connectivity index (χ4n) is 3.44. The van der Waals surface area contributed by atoms with E-state index in [4.69, 9.17) is 9.47 Å². The quantitative estimate of drug-likeness (QED) is 0.726. The summed E-state index contributed by atoms with van der Waals surface area (Å²) in [5, 5.41) is 3.19. The minimum Gasteiger partial charge on any atom is -0.497 e. The van der Waals surface area contributed by atoms with E-state index in [1.807, 2.05) is 36.2 Å². The van der Waals surface area contributed by atoms with Crippen molar-refractivity contribution in [2.24, 2.45) is 0 Å². The lowest BCUT2D eigenvalue weighted by molar-refractivity contribution is -0.123. The lowest BCUT2D eigenvalue weighted by Gasteiger charge is -2.32. The van der Waals surface area contributed by atoms with Crippen molar-refractivity contribution < 1.29 is 14.3 Å². The van der Waals surface area contributed by atoms with Crippen molar-refractivity contribution in [3.63, 3.8) is 0 Å². The second kappa shape index (κ2) is 9.24.